The van der Waals surface area contributed by atoms with E-state index in [1.54, 1.807) is 17.5 Å². The number of carbonyl (C=O) groups is 1. The van der Waals surface area contributed by atoms with Crippen molar-refractivity contribution in [3.8, 4) is 0 Å². The summed E-state index contributed by atoms with van der Waals surface area (Å²) in [6.45, 7) is 4.49. The fraction of sp³-hybridized carbons (Fsp3) is 0.500. The molecule has 0 unspecified atom stereocenters. The quantitative estimate of drug-likeness (QED) is 0.655. The maximum absolute atomic E-state index is 13.1. The zero-order valence-electron chi connectivity index (χ0n) is 16.7. The van der Waals surface area contributed by atoms with E-state index >= 15 is 0 Å². The van der Waals surface area contributed by atoms with E-state index < -0.39 is 0 Å². The van der Waals surface area contributed by atoms with Crippen LogP contribution >= 0.6 is 11.3 Å². The predicted octanol–water partition coefficient (Wildman–Crippen LogP) is 3.96. The van der Waals surface area contributed by atoms with Crippen LogP contribution in [0.4, 0.5) is 0 Å². The molecule has 152 valence electrons. The van der Waals surface area contributed by atoms with Gasteiger partial charge in [-0.05, 0) is 36.8 Å². The predicted molar refractivity (Wildman–Crippen MR) is 115 cm³/mol. The molecule has 0 spiro atoms. The van der Waals surface area contributed by atoms with Gasteiger partial charge in [0.25, 0.3) is 5.91 Å². The van der Waals surface area contributed by atoms with Crippen LogP contribution < -0.4 is 0 Å². The molecule has 3 aromatic heterocycles. The van der Waals surface area contributed by atoms with E-state index in [4.69, 9.17) is 0 Å². The number of nitrogens with zero attached hydrogens (tertiary/aromatic N) is 5. The smallest absolute Gasteiger partial charge is 0.255 e. The molecule has 0 bridgehead atoms. The van der Waals surface area contributed by atoms with Gasteiger partial charge in [0.05, 0.1) is 11.9 Å². The zero-order chi connectivity index (χ0) is 19.6. The number of rotatable bonds is 4. The van der Waals surface area contributed by atoms with E-state index in [2.05, 4.69) is 36.9 Å². The molecule has 1 saturated carbocycles. The fourth-order valence-corrected chi connectivity index (χ4v) is 5.37. The molecule has 2 fully saturated rings. The summed E-state index contributed by atoms with van der Waals surface area (Å²) < 4.78 is 2.20. The summed E-state index contributed by atoms with van der Waals surface area (Å²) in [5.41, 5.74) is 2.39. The molecule has 4 heterocycles. The van der Waals surface area contributed by atoms with Crippen molar-refractivity contribution in [3.63, 3.8) is 0 Å². The highest BCUT2D eigenvalue weighted by Gasteiger charge is 2.23. The molecule has 7 heteroatoms. The van der Waals surface area contributed by atoms with Gasteiger partial charge >= 0.3 is 0 Å². The molecule has 0 aromatic carbocycles. The van der Waals surface area contributed by atoms with Gasteiger partial charge in [-0.25, -0.2) is 9.97 Å². The molecule has 2 aliphatic rings. The topological polar surface area (TPSA) is 54.3 Å². The van der Waals surface area contributed by atoms with Gasteiger partial charge in [-0.15, -0.1) is 11.3 Å². The number of carbonyl (C=O) groups excluding carboxylic acids is 1. The van der Waals surface area contributed by atoms with Crippen LogP contribution in [0.5, 0.6) is 0 Å². The van der Waals surface area contributed by atoms with E-state index in [0.29, 0.717) is 11.6 Å². The summed E-state index contributed by atoms with van der Waals surface area (Å²) in [4.78, 5) is 28.1. The van der Waals surface area contributed by atoms with Gasteiger partial charge in [-0.2, -0.15) is 0 Å². The number of imidazole rings is 1. The van der Waals surface area contributed by atoms with Crippen LogP contribution in [-0.4, -0.2) is 56.4 Å². The minimum Gasteiger partial charge on any atom is -0.337 e. The number of hydrogen-bond acceptors (Lipinski definition) is 5. The van der Waals surface area contributed by atoms with Crippen molar-refractivity contribution >= 4 is 28.4 Å². The summed E-state index contributed by atoms with van der Waals surface area (Å²) in [5.74, 6) is 0.0767. The largest absolute Gasteiger partial charge is 0.337 e. The lowest BCUT2D eigenvalue weighted by Crippen LogP contribution is -2.35. The normalized spacial score (nSPS) is 19.1. The molecule has 0 radical (unpaired) electrons. The first-order valence-corrected chi connectivity index (χ1v) is 11.5. The van der Waals surface area contributed by atoms with E-state index in [1.807, 2.05) is 17.3 Å². The van der Waals surface area contributed by atoms with Crippen molar-refractivity contribution < 1.29 is 4.79 Å². The Bertz CT molecular complexity index is 976. The van der Waals surface area contributed by atoms with Crippen molar-refractivity contribution in [2.24, 2.45) is 0 Å². The van der Waals surface area contributed by atoms with Crippen molar-refractivity contribution in [1.82, 2.24) is 24.3 Å². The van der Waals surface area contributed by atoms with E-state index in [0.717, 1.165) is 50.3 Å². The highest BCUT2D eigenvalue weighted by atomic mass is 32.1. The Morgan fingerprint density at radius 1 is 1.10 bits per heavy atom. The highest BCUT2D eigenvalue weighted by molar-refractivity contribution is 7.09. The van der Waals surface area contributed by atoms with E-state index in [1.165, 1.54) is 30.6 Å². The maximum atomic E-state index is 13.1. The second kappa shape index (κ2) is 8.24. The minimum atomic E-state index is 0.0767. The molecule has 0 N–H and O–H groups in total. The van der Waals surface area contributed by atoms with Gasteiger partial charge in [0.1, 0.15) is 5.52 Å². The Balaban J connectivity index is 1.28. The number of aromatic nitrogens is 3. The minimum absolute atomic E-state index is 0.0767. The lowest BCUT2D eigenvalue weighted by atomic mass is 10.2. The van der Waals surface area contributed by atoms with Gasteiger partial charge in [0.15, 0.2) is 5.65 Å². The molecule has 1 aliphatic carbocycles. The van der Waals surface area contributed by atoms with Crippen LogP contribution in [-0.2, 0) is 6.54 Å². The molecular formula is C22H27N5OS. The van der Waals surface area contributed by atoms with Gasteiger partial charge in [0, 0.05) is 49.8 Å². The number of amides is 1. The molecule has 1 aliphatic heterocycles. The van der Waals surface area contributed by atoms with Crippen LogP contribution in [0, 0.1) is 0 Å². The summed E-state index contributed by atoms with van der Waals surface area (Å²) >= 11 is 1.80. The zero-order valence-corrected chi connectivity index (χ0v) is 17.5. The number of hydrogen-bond donors (Lipinski definition) is 0. The molecule has 29 heavy (non-hydrogen) atoms. The lowest BCUT2D eigenvalue weighted by molar-refractivity contribution is 0.0761. The average molecular weight is 410 g/mol. The van der Waals surface area contributed by atoms with Crippen LogP contribution in [0.1, 0.15) is 53.4 Å². The van der Waals surface area contributed by atoms with Gasteiger partial charge in [-0.1, -0.05) is 18.9 Å². The first-order valence-electron chi connectivity index (χ1n) is 10.6. The molecule has 0 atom stereocenters. The third-order valence-corrected chi connectivity index (χ3v) is 7.07. The first-order chi connectivity index (χ1) is 14.3. The van der Waals surface area contributed by atoms with Crippen LogP contribution in [0.2, 0.25) is 0 Å². The Labute approximate surface area is 175 Å². The Hall–Kier alpha value is -2.25. The third kappa shape index (κ3) is 3.94. The van der Waals surface area contributed by atoms with Crippen molar-refractivity contribution in [2.75, 3.05) is 26.2 Å². The average Bonchev–Trinajstić information content (AvgIpc) is 3.47. The maximum Gasteiger partial charge on any atom is 0.255 e. The van der Waals surface area contributed by atoms with E-state index in [9.17, 15) is 4.79 Å². The Kier molecular flexibility index (Phi) is 5.33. The molecule has 1 amide bonds. The number of thiophene rings is 1. The lowest BCUT2D eigenvalue weighted by Gasteiger charge is -2.21. The second-order valence-corrected chi connectivity index (χ2v) is 9.19. The van der Waals surface area contributed by atoms with Crippen molar-refractivity contribution in [2.45, 2.75) is 44.7 Å². The number of fused-ring (bicyclic) bond motifs is 1. The highest BCUT2D eigenvalue weighted by Crippen LogP contribution is 2.31. The summed E-state index contributed by atoms with van der Waals surface area (Å²) in [7, 11) is 0. The summed E-state index contributed by atoms with van der Waals surface area (Å²) in [6, 6.07) is 6.72. The molecule has 3 aromatic rings. The summed E-state index contributed by atoms with van der Waals surface area (Å²) in [5, 5.41) is 2.13. The molecule has 5 rings (SSSR count). The molecule has 6 nitrogen and oxygen atoms in total. The van der Waals surface area contributed by atoms with E-state index in [-0.39, 0.29) is 5.91 Å². The molecule has 1 saturated heterocycles. The van der Waals surface area contributed by atoms with Gasteiger partial charge in [0.2, 0.25) is 0 Å². The van der Waals surface area contributed by atoms with Gasteiger partial charge in [-0.3, -0.25) is 9.69 Å². The number of pyridine rings is 1. The first kappa shape index (κ1) is 18.8. The monoisotopic (exact) mass is 409 g/mol. The van der Waals surface area contributed by atoms with Crippen LogP contribution in [0.15, 0.2) is 36.1 Å². The van der Waals surface area contributed by atoms with Gasteiger partial charge < -0.3 is 9.47 Å². The molecular weight excluding hydrogens is 382 g/mol. The van der Waals surface area contributed by atoms with Crippen LogP contribution in [0.25, 0.3) is 11.2 Å². The Morgan fingerprint density at radius 3 is 2.83 bits per heavy atom. The Morgan fingerprint density at radius 2 is 2.00 bits per heavy atom. The summed E-state index contributed by atoms with van der Waals surface area (Å²) in [6.07, 6.45) is 9.59. The van der Waals surface area contributed by atoms with Crippen LogP contribution in [0.3, 0.4) is 0 Å². The van der Waals surface area contributed by atoms with Crippen molar-refractivity contribution in [1.29, 1.82) is 0 Å². The fourth-order valence-electron chi connectivity index (χ4n) is 4.62. The second-order valence-electron chi connectivity index (χ2n) is 8.16. The third-order valence-electron chi connectivity index (χ3n) is 6.21. The standard InChI is InChI=1S/C22H27N5OS/c28-22(26-9-4-8-25(10-11-26)15-19-7-3-12-29-19)17-13-20-21(23-14-17)27(16-24-20)18-5-1-2-6-18/h3,7,12-14,16,18H,1-2,4-6,8-11,15H2. The van der Waals surface area contributed by atoms with Crippen molar-refractivity contribution in [3.05, 3.63) is 46.5 Å². The SMILES string of the molecule is O=C(c1cnc2c(c1)ncn2C1CCCC1)N1CCCN(Cc2cccs2)CC1.